The molecule has 0 saturated heterocycles. The van der Waals surface area contributed by atoms with Gasteiger partial charge in [-0.3, -0.25) is 0 Å². The van der Waals surface area contributed by atoms with E-state index in [0.29, 0.717) is 11.5 Å². The van der Waals surface area contributed by atoms with Crippen molar-refractivity contribution >= 4 is 0 Å². The zero-order valence-corrected chi connectivity index (χ0v) is 12.9. The molecule has 2 nitrogen and oxygen atoms in total. The minimum absolute atomic E-state index is 0.221. The van der Waals surface area contributed by atoms with E-state index in [1.807, 2.05) is 12.1 Å². The lowest BCUT2D eigenvalue weighted by Crippen LogP contribution is -2.32. The van der Waals surface area contributed by atoms with Crippen LogP contribution in [0.1, 0.15) is 45.1 Å². The van der Waals surface area contributed by atoms with Gasteiger partial charge in [-0.25, -0.2) is 0 Å². The third-order valence-corrected chi connectivity index (χ3v) is 4.55. The first-order chi connectivity index (χ1) is 10.0. The number of hydrogen-bond donors (Lipinski definition) is 1. The predicted octanol–water partition coefficient (Wildman–Crippen LogP) is 4.39. The Morgan fingerprint density at radius 3 is 2.43 bits per heavy atom. The molecular weight excluding hydrogens is 272 g/mol. The van der Waals surface area contributed by atoms with Crippen molar-refractivity contribution in [3.05, 3.63) is 29.8 Å². The van der Waals surface area contributed by atoms with Crippen LogP contribution in [0.2, 0.25) is 0 Å². The molecule has 1 aliphatic rings. The third kappa shape index (κ3) is 5.27. The Kier molecular flexibility index (Phi) is 5.57. The lowest BCUT2D eigenvalue weighted by atomic mass is 10.0. The molecule has 118 valence electrons. The van der Waals surface area contributed by atoms with Crippen molar-refractivity contribution in [3.8, 4) is 5.75 Å². The minimum atomic E-state index is -2.76. The maximum atomic E-state index is 12.1. The fourth-order valence-corrected chi connectivity index (χ4v) is 2.55. The van der Waals surface area contributed by atoms with Crippen molar-refractivity contribution in [2.45, 2.75) is 58.6 Å². The number of nitrogens with one attached hydrogen (secondary N) is 1. The zero-order valence-electron chi connectivity index (χ0n) is 12.9. The number of ether oxygens (including phenoxy) is 1. The van der Waals surface area contributed by atoms with Crippen LogP contribution in [-0.2, 0) is 6.42 Å². The summed E-state index contributed by atoms with van der Waals surface area (Å²) < 4.78 is 28.5. The first-order valence-corrected chi connectivity index (χ1v) is 7.80. The van der Waals surface area contributed by atoms with Gasteiger partial charge in [-0.1, -0.05) is 19.1 Å². The second-order valence-electron chi connectivity index (χ2n) is 6.20. The van der Waals surface area contributed by atoms with E-state index >= 15 is 0 Å². The van der Waals surface area contributed by atoms with Crippen LogP contribution in [0.5, 0.6) is 5.75 Å². The highest BCUT2D eigenvalue weighted by Gasteiger charge is 2.40. The topological polar surface area (TPSA) is 21.3 Å². The smallest absolute Gasteiger partial charge is 0.387 e. The van der Waals surface area contributed by atoms with E-state index in [1.165, 1.54) is 19.3 Å². The third-order valence-electron chi connectivity index (χ3n) is 4.55. The molecule has 21 heavy (non-hydrogen) atoms. The quantitative estimate of drug-likeness (QED) is 0.730. The highest BCUT2D eigenvalue weighted by atomic mass is 19.3. The molecule has 0 aliphatic heterocycles. The van der Waals surface area contributed by atoms with Gasteiger partial charge in [-0.05, 0) is 62.1 Å². The maximum Gasteiger partial charge on any atom is 0.387 e. The van der Waals surface area contributed by atoms with E-state index in [2.05, 4.69) is 23.9 Å². The fourth-order valence-electron chi connectivity index (χ4n) is 2.55. The lowest BCUT2D eigenvalue weighted by Gasteiger charge is -2.19. The van der Waals surface area contributed by atoms with Crippen molar-refractivity contribution in [3.63, 3.8) is 0 Å². The molecule has 0 bridgehead atoms. The molecule has 1 N–H and O–H groups in total. The zero-order chi connectivity index (χ0) is 15.3. The first kappa shape index (κ1) is 16.2. The van der Waals surface area contributed by atoms with E-state index in [1.54, 1.807) is 12.1 Å². The molecular formula is C17H25F2NO. The van der Waals surface area contributed by atoms with Crippen LogP contribution in [0, 0.1) is 5.41 Å². The summed E-state index contributed by atoms with van der Waals surface area (Å²) in [5.74, 6) is 0.221. The van der Waals surface area contributed by atoms with E-state index in [9.17, 15) is 8.78 Å². The molecule has 4 heteroatoms. The van der Waals surface area contributed by atoms with Gasteiger partial charge in [0.25, 0.3) is 0 Å². The molecule has 1 unspecified atom stereocenters. The Bertz CT molecular complexity index is 429. The summed E-state index contributed by atoms with van der Waals surface area (Å²) >= 11 is 0. The molecule has 0 aromatic heterocycles. The van der Waals surface area contributed by atoms with Crippen molar-refractivity contribution in [2.24, 2.45) is 5.41 Å². The van der Waals surface area contributed by atoms with E-state index in [-0.39, 0.29) is 5.75 Å². The largest absolute Gasteiger partial charge is 0.435 e. The Labute approximate surface area is 125 Å². The van der Waals surface area contributed by atoms with Crippen LogP contribution in [0.25, 0.3) is 0 Å². The summed E-state index contributed by atoms with van der Waals surface area (Å²) in [6.07, 6.45) is 5.97. The second-order valence-corrected chi connectivity index (χ2v) is 6.20. The fraction of sp³-hybridized carbons (Fsp3) is 0.647. The van der Waals surface area contributed by atoms with Crippen LogP contribution in [0.4, 0.5) is 8.78 Å². The summed E-state index contributed by atoms with van der Waals surface area (Å²) in [7, 11) is 0. The molecule has 2 rings (SSSR count). The van der Waals surface area contributed by atoms with Crippen LogP contribution in [0.15, 0.2) is 24.3 Å². The van der Waals surface area contributed by atoms with Crippen molar-refractivity contribution < 1.29 is 13.5 Å². The number of alkyl halides is 2. The molecule has 1 aliphatic carbocycles. The van der Waals surface area contributed by atoms with Gasteiger partial charge < -0.3 is 10.1 Å². The van der Waals surface area contributed by atoms with E-state index < -0.39 is 6.61 Å². The minimum Gasteiger partial charge on any atom is -0.435 e. The average molecular weight is 297 g/mol. The summed E-state index contributed by atoms with van der Waals surface area (Å²) in [6.45, 7) is 2.84. The van der Waals surface area contributed by atoms with Gasteiger partial charge in [0.1, 0.15) is 5.75 Å². The standard InChI is InChI=1S/C17H25F2NO/c1-3-17(10-11-17)12-20-13(2)4-5-14-6-8-15(9-7-14)21-16(18)19/h6-9,13,16,20H,3-5,10-12H2,1-2H3. The van der Waals surface area contributed by atoms with Crippen LogP contribution < -0.4 is 10.1 Å². The Balaban J connectivity index is 1.69. The number of rotatable bonds is 9. The number of benzene rings is 1. The van der Waals surface area contributed by atoms with Crippen molar-refractivity contribution in [1.29, 1.82) is 0 Å². The first-order valence-electron chi connectivity index (χ1n) is 7.80. The normalized spacial score (nSPS) is 17.8. The molecule has 1 fully saturated rings. The summed E-state index contributed by atoms with van der Waals surface area (Å²) in [5, 5.41) is 3.62. The summed E-state index contributed by atoms with van der Waals surface area (Å²) in [4.78, 5) is 0. The number of halogens is 2. The Hall–Kier alpha value is -1.16. The lowest BCUT2D eigenvalue weighted by molar-refractivity contribution is -0.0498. The monoisotopic (exact) mass is 297 g/mol. The van der Waals surface area contributed by atoms with Gasteiger partial charge in [0, 0.05) is 12.6 Å². The summed E-state index contributed by atoms with van der Waals surface area (Å²) in [5.41, 5.74) is 1.73. The van der Waals surface area contributed by atoms with Crippen molar-refractivity contribution in [2.75, 3.05) is 6.54 Å². The molecule has 1 aromatic carbocycles. The van der Waals surface area contributed by atoms with Crippen LogP contribution in [0.3, 0.4) is 0 Å². The van der Waals surface area contributed by atoms with Crippen molar-refractivity contribution in [1.82, 2.24) is 5.32 Å². The maximum absolute atomic E-state index is 12.1. The molecule has 0 spiro atoms. The second kappa shape index (κ2) is 7.21. The molecule has 0 radical (unpaired) electrons. The average Bonchev–Trinajstić information content (AvgIpc) is 3.24. The summed E-state index contributed by atoms with van der Waals surface area (Å²) in [6, 6.07) is 7.41. The number of hydrogen-bond acceptors (Lipinski definition) is 2. The van der Waals surface area contributed by atoms with Crippen LogP contribution in [-0.4, -0.2) is 19.2 Å². The molecule has 1 aromatic rings. The molecule has 1 atom stereocenters. The SMILES string of the molecule is CCC1(CNC(C)CCc2ccc(OC(F)F)cc2)CC1. The van der Waals surface area contributed by atoms with Gasteiger partial charge in [0.15, 0.2) is 0 Å². The highest BCUT2D eigenvalue weighted by molar-refractivity contribution is 5.27. The van der Waals surface area contributed by atoms with E-state index in [0.717, 1.165) is 24.9 Å². The number of aryl methyl sites for hydroxylation is 1. The van der Waals surface area contributed by atoms with Gasteiger partial charge >= 0.3 is 6.61 Å². The van der Waals surface area contributed by atoms with Gasteiger partial charge in [-0.15, -0.1) is 0 Å². The molecule has 1 saturated carbocycles. The molecule has 0 amide bonds. The Morgan fingerprint density at radius 1 is 1.24 bits per heavy atom. The molecule has 0 heterocycles. The highest BCUT2D eigenvalue weighted by Crippen LogP contribution is 2.47. The predicted molar refractivity (Wildman–Crippen MR) is 80.8 cm³/mol. The van der Waals surface area contributed by atoms with E-state index in [4.69, 9.17) is 0 Å². The van der Waals surface area contributed by atoms with Gasteiger partial charge in [0.05, 0.1) is 0 Å². The van der Waals surface area contributed by atoms with Gasteiger partial charge in [-0.2, -0.15) is 8.78 Å². The Morgan fingerprint density at radius 2 is 1.90 bits per heavy atom. The van der Waals surface area contributed by atoms with Crippen LogP contribution >= 0.6 is 0 Å². The van der Waals surface area contributed by atoms with Gasteiger partial charge in [0.2, 0.25) is 0 Å².